The second kappa shape index (κ2) is 11.1. The molecule has 1 aromatic carbocycles. The van der Waals surface area contributed by atoms with E-state index in [1.54, 1.807) is 4.90 Å². The molecule has 7 nitrogen and oxygen atoms in total. The molecule has 1 unspecified atom stereocenters. The number of benzene rings is 1. The number of hydrogen-bond acceptors (Lipinski definition) is 5. The lowest BCUT2D eigenvalue weighted by atomic mass is 9.99. The van der Waals surface area contributed by atoms with Crippen molar-refractivity contribution in [2.24, 2.45) is 4.99 Å². The summed E-state index contributed by atoms with van der Waals surface area (Å²) >= 11 is 0. The summed E-state index contributed by atoms with van der Waals surface area (Å²) in [5.74, 6) is -0.649. The van der Waals surface area contributed by atoms with Gasteiger partial charge in [-0.3, -0.25) is 4.99 Å². The summed E-state index contributed by atoms with van der Waals surface area (Å²) in [5.41, 5.74) is -0.0121. The van der Waals surface area contributed by atoms with Crippen LogP contribution in [-0.4, -0.2) is 70.8 Å². The van der Waals surface area contributed by atoms with Gasteiger partial charge in [0.15, 0.2) is 15.8 Å². The van der Waals surface area contributed by atoms with Crippen molar-refractivity contribution in [1.82, 2.24) is 10.6 Å². The average molecular weight is 572 g/mol. The molecule has 0 aromatic heterocycles. The van der Waals surface area contributed by atoms with Crippen LogP contribution in [0.15, 0.2) is 23.2 Å². The first-order valence-corrected chi connectivity index (χ1v) is 12.2. The van der Waals surface area contributed by atoms with E-state index in [4.69, 9.17) is 4.74 Å². The van der Waals surface area contributed by atoms with Gasteiger partial charge in [0.25, 0.3) is 0 Å². The summed E-state index contributed by atoms with van der Waals surface area (Å²) in [6, 6.07) is 3.79. The summed E-state index contributed by atoms with van der Waals surface area (Å²) in [6.45, 7) is 4.42. The van der Waals surface area contributed by atoms with Crippen LogP contribution >= 0.6 is 24.0 Å². The van der Waals surface area contributed by atoms with Crippen molar-refractivity contribution in [2.45, 2.75) is 37.0 Å². The quantitative estimate of drug-likeness (QED) is 0.310. The standard InChI is InChI=1S/C20H30F2N4O3S.HI/c1-3-23-19(24-14-20(30(2,27)28)8-11-29-12-9-20)25-15-7-10-26(13-15)18-16(21)5-4-6-17(18)22;/h4-6,15H,3,7-14H2,1-2H3,(H2,23,24,25);1H. The first-order valence-electron chi connectivity index (χ1n) is 10.3. The Morgan fingerprint density at radius 1 is 1.29 bits per heavy atom. The normalized spacial score (nSPS) is 21.5. The number of aliphatic imine (C=N–C) groups is 1. The molecule has 1 atom stereocenters. The monoisotopic (exact) mass is 572 g/mol. The van der Waals surface area contributed by atoms with Crippen LogP contribution in [-0.2, 0) is 14.6 Å². The Hall–Kier alpha value is -1.21. The molecule has 0 saturated carbocycles. The van der Waals surface area contributed by atoms with E-state index in [-0.39, 0.29) is 42.3 Å². The van der Waals surface area contributed by atoms with Crippen molar-refractivity contribution in [3.05, 3.63) is 29.8 Å². The summed E-state index contributed by atoms with van der Waals surface area (Å²) < 4.78 is 57.5. The molecule has 2 aliphatic heterocycles. The third-order valence-corrected chi connectivity index (χ3v) is 7.95. The minimum atomic E-state index is -3.31. The van der Waals surface area contributed by atoms with Crippen LogP contribution < -0.4 is 15.5 Å². The number of para-hydroxylation sites is 1. The topological polar surface area (TPSA) is 83.0 Å². The molecule has 0 bridgehead atoms. The van der Waals surface area contributed by atoms with Crippen LogP contribution in [0.1, 0.15) is 26.2 Å². The molecule has 2 heterocycles. The molecule has 0 radical (unpaired) electrons. The number of guanidine groups is 1. The van der Waals surface area contributed by atoms with Crippen molar-refractivity contribution in [3.8, 4) is 0 Å². The molecule has 11 heteroatoms. The lowest BCUT2D eigenvalue weighted by Gasteiger charge is -2.34. The van der Waals surface area contributed by atoms with Gasteiger partial charge < -0.3 is 20.3 Å². The third-order valence-electron chi connectivity index (χ3n) is 5.84. The zero-order valence-electron chi connectivity index (χ0n) is 17.9. The molecule has 1 aromatic rings. The molecule has 31 heavy (non-hydrogen) atoms. The molecule has 2 saturated heterocycles. The third kappa shape index (κ3) is 6.19. The smallest absolute Gasteiger partial charge is 0.191 e. The van der Waals surface area contributed by atoms with Crippen molar-refractivity contribution in [1.29, 1.82) is 0 Å². The van der Waals surface area contributed by atoms with Crippen LogP contribution in [0.5, 0.6) is 0 Å². The maximum absolute atomic E-state index is 14.1. The molecule has 0 spiro atoms. The fourth-order valence-electron chi connectivity index (χ4n) is 4.00. The Kier molecular flexibility index (Phi) is 9.31. The molecular weight excluding hydrogens is 541 g/mol. The summed E-state index contributed by atoms with van der Waals surface area (Å²) in [5, 5.41) is 6.43. The minimum absolute atomic E-state index is 0. The highest BCUT2D eigenvalue weighted by atomic mass is 127. The molecule has 3 rings (SSSR count). The molecule has 2 aliphatic rings. The Labute approximate surface area is 199 Å². The van der Waals surface area contributed by atoms with Gasteiger partial charge >= 0.3 is 0 Å². The van der Waals surface area contributed by atoms with Gasteiger partial charge in [-0.1, -0.05) is 6.07 Å². The molecule has 0 amide bonds. The average Bonchev–Trinajstić information content (AvgIpc) is 3.14. The lowest BCUT2D eigenvalue weighted by Crippen LogP contribution is -2.49. The number of anilines is 1. The van der Waals surface area contributed by atoms with E-state index < -0.39 is 26.2 Å². The number of rotatable bonds is 6. The zero-order valence-corrected chi connectivity index (χ0v) is 21.0. The van der Waals surface area contributed by atoms with E-state index >= 15 is 0 Å². The van der Waals surface area contributed by atoms with Gasteiger partial charge in [-0.2, -0.15) is 0 Å². The lowest BCUT2D eigenvalue weighted by molar-refractivity contribution is 0.0768. The fraction of sp³-hybridized carbons (Fsp3) is 0.650. The van der Waals surface area contributed by atoms with Gasteiger partial charge in [0.05, 0.1) is 11.3 Å². The number of ether oxygens (including phenoxy) is 1. The number of nitrogens with zero attached hydrogens (tertiary/aromatic N) is 2. The van der Waals surface area contributed by atoms with Crippen LogP contribution in [0.25, 0.3) is 0 Å². The van der Waals surface area contributed by atoms with Crippen molar-refractivity contribution < 1.29 is 21.9 Å². The van der Waals surface area contributed by atoms with Gasteiger partial charge in [0.1, 0.15) is 17.3 Å². The highest BCUT2D eigenvalue weighted by Crippen LogP contribution is 2.30. The fourth-order valence-corrected chi connectivity index (χ4v) is 5.21. The zero-order chi connectivity index (χ0) is 21.8. The van der Waals surface area contributed by atoms with E-state index in [0.29, 0.717) is 58.1 Å². The number of nitrogens with one attached hydrogen (secondary N) is 2. The van der Waals surface area contributed by atoms with Crippen molar-refractivity contribution >= 4 is 45.5 Å². The van der Waals surface area contributed by atoms with Crippen molar-refractivity contribution in [3.63, 3.8) is 0 Å². The molecule has 176 valence electrons. The predicted molar refractivity (Wildman–Crippen MR) is 129 cm³/mol. The maximum atomic E-state index is 14.1. The summed E-state index contributed by atoms with van der Waals surface area (Å²) in [4.78, 5) is 6.25. The van der Waals surface area contributed by atoms with Crippen LogP contribution in [0.2, 0.25) is 0 Å². The second-order valence-electron chi connectivity index (χ2n) is 7.91. The highest BCUT2D eigenvalue weighted by Gasteiger charge is 2.42. The van der Waals surface area contributed by atoms with Gasteiger partial charge in [0, 0.05) is 45.1 Å². The van der Waals surface area contributed by atoms with Gasteiger partial charge in [-0.15, -0.1) is 24.0 Å². The maximum Gasteiger partial charge on any atom is 0.191 e. The van der Waals surface area contributed by atoms with Gasteiger partial charge in [-0.05, 0) is 38.3 Å². The summed E-state index contributed by atoms with van der Waals surface area (Å²) in [6.07, 6.45) is 2.77. The Bertz CT molecular complexity index is 859. The van der Waals surface area contributed by atoms with E-state index in [1.807, 2.05) is 6.92 Å². The minimum Gasteiger partial charge on any atom is -0.381 e. The van der Waals surface area contributed by atoms with Gasteiger partial charge in [0.2, 0.25) is 0 Å². The van der Waals surface area contributed by atoms with E-state index in [0.717, 1.165) is 0 Å². The van der Waals surface area contributed by atoms with Gasteiger partial charge in [-0.25, -0.2) is 17.2 Å². The van der Waals surface area contributed by atoms with Crippen molar-refractivity contribution in [2.75, 3.05) is 50.5 Å². The molecular formula is C20H31F2IN4O3S. The summed E-state index contributed by atoms with van der Waals surface area (Å²) in [7, 11) is -3.31. The second-order valence-corrected chi connectivity index (χ2v) is 10.3. The van der Waals surface area contributed by atoms with Crippen LogP contribution in [0, 0.1) is 11.6 Å². The van der Waals surface area contributed by atoms with E-state index in [2.05, 4.69) is 15.6 Å². The first-order chi connectivity index (χ1) is 14.3. The molecule has 2 fully saturated rings. The first kappa shape index (κ1) is 26.0. The predicted octanol–water partition coefficient (Wildman–Crippen LogP) is 2.31. The van der Waals surface area contributed by atoms with E-state index in [9.17, 15) is 17.2 Å². The number of hydrogen-bond donors (Lipinski definition) is 2. The number of sulfone groups is 1. The highest BCUT2D eigenvalue weighted by molar-refractivity contribution is 14.0. The SMILES string of the molecule is CCNC(=NCC1(S(C)(=O)=O)CCOCC1)NC1CCN(c2c(F)cccc2F)C1.I. The molecule has 0 aliphatic carbocycles. The van der Waals surface area contributed by atoms with Crippen LogP contribution in [0.4, 0.5) is 14.5 Å². The Morgan fingerprint density at radius 3 is 2.52 bits per heavy atom. The molecule has 2 N–H and O–H groups in total. The largest absolute Gasteiger partial charge is 0.381 e. The van der Waals surface area contributed by atoms with Crippen LogP contribution in [0.3, 0.4) is 0 Å². The van der Waals surface area contributed by atoms with E-state index in [1.165, 1.54) is 24.5 Å². The Morgan fingerprint density at radius 2 is 1.94 bits per heavy atom. The number of halogens is 3. The Balaban J connectivity index is 0.00000341.